The van der Waals surface area contributed by atoms with Gasteiger partial charge in [0.05, 0.1) is 12.6 Å². The fraction of sp³-hybridized carbons (Fsp3) is 0.600. The Morgan fingerprint density at radius 3 is 2.85 bits per heavy atom. The molecule has 1 heterocycles. The normalized spacial score (nSPS) is 17.6. The average molecular weight is 291 g/mol. The molecular weight excluding hydrogens is 270 g/mol. The molecule has 1 N–H and O–H groups in total. The van der Waals surface area contributed by atoms with Crippen LogP contribution in [0.15, 0.2) is 11.4 Å². The van der Waals surface area contributed by atoms with Crippen LogP contribution in [0.5, 0.6) is 0 Å². The molecule has 2 rings (SSSR count). The molecule has 1 saturated carbocycles. The molecule has 1 aromatic heterocycles. The van der Waals surface area contributed by atoms with Crippen molar-refractivity contribution in [3.05, 3.63) is 21.9 Å². The van der Waals surface area contributed by atoms with Crippen LogP contribution in [0.3, 0.4) is 0 Å². The molecule has 4 nitrogen and oxygen atoms in total. The van der Waals surface area contributed by atoms with Crippen molar-refractivity contribution in [2.24, 2.45) is 5.92 Å². The third kappa shape index (κ3) is 3.59. The van der Waals surface area contributed by atoms with Crippen LogP contribution in [0.4, 0.5) is 0 Å². The van der Waals surface area contributed by atoms with E-state index >= 15 is 0 Å². The number of likely N-dealkylation sites (N-methyl/N-ethyl adjacent to an activating group) is 1. The minimum Gasteiger partial charge on any atom is -0.337 e. The highest BCUT2D eigenvalue weighted by atomic mass is 32.1. The molecule has 1 unspecified atom stereocenters. The number of nitriles is 1. The smallest absolute Gasteiger partial charge is 0.235 e. The predicted octanol–water partition coefficient (Wildman–Crippen LogP) is 2.30. The highest BCUT2D eigenvalue weighted by Crippen LogP contribution is 2.39. The summed E-state index contributed by atoms with van der Waals surface area (Å²) in [5, 5.41) is 14.2. The van der Waals surface area contributed by atoms with Gasteiger partial charge in [0.1, 0.15) is 5.54 Å². The SMILES string of the molecule is Cc1ccsc1CN(C)CC(=O)NC(C)(C#N)C1CC1. The van der Waals surface area contributed by atoms with Gasteiger partial charge in [-0.2, -0.15) is 5.26 Å². The van der Waals surface area contributed by atoms with Gasteiger partial charge in [0.15, 0.2) is 0 Å². The Hall–Kier alpha value is -1.38. The molecule has 1 amide bonds. The van der Waals surface area contributed by atoms with E-state index in [1.807, 2.05) is 18.9 Å². The summed E-state index contributed by atoms with van der Waals surface area (Å²) in [6, 6.07) is 4.34. The monoisotopic (exact) mass is 291 g/mol. The van der Waals surface area contributed by atoms with Crippen LogP contribution in [0.1, 0.15) is 30.2 Å². The van der Waals surface area contributed by atoms with Crippen molar-refractivity contribution in [1.82, 2.24) is 10.2 Å². The molecule has 1 atom stereocenters. The van der Waals surface area contributed by atoms with Gasteiger partial charge in [-0.1, -0.05) is 0 Å². The van der Waals surface area contributed by atoms with Gasteiger partial charge in [0, 0.05) is 11.4 Å². The number of carbonyl (C=O) groups is 1. The molecular formula is C15H21N3OS. The van der Waals surface area contributed by atoms with E-state index in [0.29, 0.717) is 12.5 Å². The van der Waals surface area contributed by atoms with E-state index in [2.05, 4.69) is 29.8 Å². The van der Waals surface area contributed by atoms with E-state index < -0.39 is 5.54 Å². The Morgan fingerprint density at radius 2 is 2.35 bits per heavy atom. The molecule has 0 bridgehead atoms. The van der Waals surface area contributed by atoms with Crippen LogP contribution < -0.4 is 5.32 Å². The van der Waals surface area contributed by atoms with Gasteiger partial charge in [-0.05, 0) is 56.7 Å². The standard InChI is InChI=1S/C15H21N3OS/c1-11-6-7-20-13(11)8-18(3)9-14(19)17-15(2,10-16)12-4-5-12/h6-7,12H,4-5,8-9H2,1-3H3,(H,17,19). The van der Waals surface area contributed by atoms with E-state index in [4.69, 9.17) is 0 Å². The minimum absolute atomic E-state index is 0.0716. The first-order valence-electron chi connectivity index (χ1n) is 6.88. The van der Waals surface area contributed by atoms with Crippen molar-refractivity contribution in [3.8, 4) is 6.07 Å². The number of nitrogens with zero attached hydrogens (tertiary/aromatic N) is 2. The van der Waals surface area contributed by atoms with Crippen LogP contribution in [-0.2, 0) is 11.3 Å². The number of thiophene rings is 1. The zero-order valence-corrected chi connectivity index (χ0v) is 13.1. The lowest BCUT2D eigenvalue weighted by Gasteiger charge is -2.24. The van der Waals surface area contributed by atoms with E-state index in [1.165, 1.54) is 10.4 Å². The van der Waals surface area contributed by atoms with E-state index in [1.54, 1.807) is 11.3 Å². The number of carbonyl (C=O) groups excluding carboxylic acids is 1. The Labute approximate surface area is 124 Å². The van der Waals surface area contributed by atoms with Gasteiger partial charge in [-0.3, -0.25) is 9.69 Å². The van der Waals surface area contributed by atoms with Gasteiger partial charge >= 0.3 is 0 Å². The summed E-state index contributed by atoms with van der Waals surface area (Å²) in [5.74, 6) is 0.249. The first kappa shape index (κ1) is 15.0. The summed E-state index contributed by atoms with van der Waals surface area (Å²) < 4.78 is 0. The lowest BCUT2D eigenvalue weighted by Crippen LogP contribution is -2.49. The fourth-order valence-electron chi connectivity index (χ4n) is 2.32. The van der Waals surface area contributed by atoms with Gasteiger partial charge in [0.25, 0.3) is 0 Å². The van der Waals surface area contributed by atoms with Gasteiger partial charge < -0.3 is 5.32 Å². The highest BCUT2D eigenvalue weighted by Gasteiger charge is 2.43. The Kier molecular flexibility index (Phi) is 4.46. The van der Waals surface area contributed by atoms with Crippen LogP contribution >= 0.6 is 11.3 Å². The molecule has 0 aliphatic heterocycles. The second-order valence-electron chi connectivity index (χ2n) is 5.84. The first-order valence-corrected chi connectivity index (χ1v) is 7.76. The number of aryl methyl sites for hydroxylation is 1. The maximum atomic E-state index is 12.1. The van der Waals surface area contributed by atoms with Crippen LogP contribution in [0.2, 0.25) is 0 Å². The Bertz CT molecular complexity index is 529. The minimum atomic E-state index is -0.698. The maximum Gasteiger partial charge on any atom is 0.235 e. The van der Waals surface area contributed by atoms with E-state index in [9.17, 15) is 10.1 Å². The molecule has 1 aliphatic carbocycles. The van der Waals surface area contributed by atoms with E-state index in [-0.39, 0.29) is 5.91 Å². The first-order chi connectivity index (χ1) is 9.44. The third-order valence-electron chi connectivity index (χ3n) is 3.82. The van der Waals surface area contributed by atoms with Crippen LogP contribution in [0.25, 0.3) is 0 Å². The second-order valence-corrected chi connectivity index (χ2v) is 6.84. The number of hydrogen-bond donors (Lipinski definition) is 1. The molecule has 20 heavy (non-hydrogen) atoms. The zero-order chi connectivity index (χ0) is 14.8. The highest BCUT2D eigenvalue weighted by molar-refractivity contribution is 7.10. The average Bonchev–Trinajstić information content (AvgIpc) is 3.16. The molecule has 0 radical (unpaired) electrons. The van der Waals surface area contributed by atoms with E-state index in [0.717, 1.165) is 19.4 Å². The Morgan fingerprint density at radius 1 is 1.65 bits per heavy atom. The summed E-state index contributed by atoms with van der Waals surface area (Å²) in [5.41, 5.74) is 0.568. The summed E-state index contributed by atoms with van der Waals surface area (Å²) in [7, 11) is 1.93. The van der Waals surface area contributed by atoms with Crippen LogP contribution in [0, 0.1) is 24.2 Å². The maximum absolute atomic E-state index is 12.1. The molecule has 0 aromatic carbocycles. The zero-order valence-electron chi connectivity index (χ0n) is 12.3. The quantitative estimate of drug-likeness (QED) is 0.875. The summed E-state index contributed by atoms with van der Waals surface area (Å²) in [4.78, 5) is 15.3. The Balaban J connectivity index is 1.85. The summed E-state index contributed by atoms with van der Waals surface area (Å²) in [6.07, 6.45) is 2.07. The molecule has 1 aliphatic rings. The molecule has 0 saturated heterocycles. The molecule has 0 spiro atoms. The summed E-state index contributed by atoms with van der Waals surface area (Å²) >= 11 is 1.71. The van der Waals surface area contributed by atoms with Crippen molar-refractivity contribution in [3.63, 3.8) is 0 Å². The molecule has 1 aromatic rings. The van der Waals surface area contributed by atoms with Crippen LogP contribution in [-0.4, -0.2) is 29.9 Å². The second kappa shape index (κ2) is 5.94. The number of hydrogen-bond acceptors (Lipinski definition) is 4. The summed E-state index contributed by atoms with van der Waals surface area (Å²) in [6.45, 7) is 5.00. The third-order valence-corrected chi connectivity index (χ3v) is 4.83. The van der Waals surface area contributed by atoms with Crippen molar-refractivity contribution < 1.29 is 4.79 Å². The molecule has 5 heteroatoms. The van der Waals surface area contributed by atoms with Crippen molar-refractivity contribution in [1.29, 1.82) is 5.26 Å². The molecule has 1 fully saturated rings. The molecule has 108 valence electrons. The lowest BCUT2D eigenvalue weighted by molar-refractivity contribution is -0.123. The number of amides is 1. The lowest BCUT2D eigenvalue weighted by atomic mass is 9.98. The van der Waals surface area contributed by atoms with Crippen molar-refractivity contribution in [2.45, 2.75) is 38.8 Å². The van der Waals surface area contributed by atoms with Gasteiger partial charge in [-0.25, -0.2) is 0 Å². The van der Waals surface area contributed by atoms with Crippen molar-refractivity contribution >= 4 is 17.2 Å². The van der Waals surface area contributed by atoms with Gasteiger partial charge in [0.2, 0.25) is 5.91 Å². The van der Waals surface area contributed by atoms with Crippen molar-refractivity contribution in [2.75, 3.05) is 13.6 Å². The topological polar surface area (TPSA) is 56.1 Å². The fourth-order valence-corrected chi connectivity index (χ4v) is 3.31. The largest absolute Gasteiger partial charge is 0.337 e. The van der Waals surface area contributed by atoms with Gasteiger partial charge in [-0.15, -0.1) is 11.3 Å². The number of nitrogens with one attached hydrogen (secondary N) is 1. The number of rotatable bonds is 6. The predicted molar refractivity (Wildman–Crippen MR) is 80.3 cm³/mol.